The average molecular weight is 225 g/mol. The summed E-state index contributed by atoms with van der Waals surface area (Å²) in [6.45, 7) is 1.14. The van der Waals surface area contributed by atoms with E-state index in [9.17, 15) is 10.1 Å². The fourth-order valence-corrected chi connectivity index (χ4v) is 1.74. The van der Waals surface area contributed by atoms with E-state index in [1.807, 2.05) is 11.9 Å². The van der Waals surface area contributed by atoms with Gasteiger partial charge in [-0.25, -0.2) is 0 Å². The van der Waals surface area contributed by atoms with E-state index in [-0.39, 0.29) is 16.8 Å². The fraction of sp³-hybridized carbons (Fsp3) is 0.667. The summed E-state index contributed by atoms with van der Waals surface area (Å²) in [6, 6.07) is 0.234. The summed E-state index contributed by atoms with van der Waals surface area (Å²) >= 11 is 0. The molecule has 0 bridgehead atoms. The summed E-state index contributed by atoms with van der Waals surface area (Å²) < 4.78 is 1.70. The van der Waals surface area contributed by atoms with Gasteiger partial charge in [-0.3, -0.25) is 0 Å². The highest BCUT2D eigenvalue weighted by atomic mass is 16.6. The second kappa shape index (κ2) is 4.09. The van der Waals surface area contributed by atoms with Gasteiger partial charge in [-0.15, -0.1) is 0 Å². The van der Waals surface area contributed by atoms with E-state index in [1.54, 1.807) is 4.57 Å². The molecule has 0 radical (unpaired) electrons. The molecule has 0 unspecified atom stereocenters. The quantitative estimate of drug-likeness (QED) is 0.582. The van der Waals surface area contributed by atoms with Gasteiger partial charge >= 0.3 is 5.82 Å². The van der Waals surface area contributed by atoms with Crippen LogP contribution in [0.3, 0.4) is 0 Å². The number of nitrogens with zero attached hydrogens (tertiary/aromatic N) is 4. The van der Waals surface area contributed by atoms with Gasteiger partial charge < -0.3 is 20.7 Å². The van der Waals surface area contributed by atoms with Crippen molar-refractivity contribution in [2.24, 2.45) is 5.73 Å². The molecule has 0 aromatic carbocycles. The Bertz CT molecular complexity index is 399. The van der Waals surface area contributed by atoms with Gasteiger partial charge in [0.2, 0.25) is 0 Å². The molecule has 0 amide bonds. The van der Waals surface area contributed by atoms with Gasteiger partial charge in [0.15, 0.2) is 0 Å². The lowest BCUT2D eigenvalue weighted by Gasteiger charge is -2.14. The summed E-state index contributed by atoms with van der Waals surface area (Å²) in [4.78, 5) is 16.4. The molecule has 0 spiro atoms. The molecular weight excluding hydrogens is 210 g/mol. The lowest BCUT2D eigenvalue weighted by molar-refractivity contribution is -0.392. The lowest BCUT2D eigenvalue weighted by atomic mass is 10.5. The summed E-state index contributed by atoms with van der Waals surface area (Å²) in [6.07, 6.45) is 3.29. The first kappa shape index (κ1) is 10.9. The highest BCUT2D eigenvalue weighted by Crippen LogP contribution is 2.41. The molecule has 2 N–H and O–H groups in total. The minimum Gasteiger partial charge on any atom is -0.358 e. The van der Waals surface area contributed by atoms with E-state index >= 15 is 0 Å². The number of aromatic nitrogens is 2. The van der Waals surface area contributed by atoms with Crippen molar-refractivity contribution in [3.05, 3.63) is 16.3 Å². The number of hydrogen-bond acceptors (Lipinski definition) is 5. The fourth-order valence-electron chi connectivity index (χ4n) is 1.74. The minimum absolute atomic E-state index is 0.0707. The van der Waals surface area contributed by atoms with Crippen LogP contribution in [0.15, 0.2) is 6.20 Å². The third kappa shape index (κ3) is 1.85. The molecule has 88 valence electrons. The minimum atomic E-state index is -0.384. The van der Waals surface area contributed by atoms with Crippen molar-refractivity contribution < 1.29 is 4.92 Å². The van der Waals surface area contributed by atoms with Gasteiger partial charge in [0, 0.05) is 20.1 Å². The molecule has 1 aliphatic carbocycles. The van der Waals surface area contributed by atoms with Gasteiger partial charge in [-0.05, 0) is 17.8 Å². The SMILES string of the molecule is CN(CCN)c1ncc([N+](=O)[O-])n1C1CC1. The molecule has 1 heterocycles. The first-order valence-corrected chi connectivity index (χ1v) is 5.28. The van der Waals surface area contributed by atoms with Gasteiger partial charge in [0.25, 0.3) is 5.95 Å². The maximum absolute atomic E-state index is 10.8. The van der Waals surface area contributed by atoms with Gasteiger partial charge in [-0.1, -0.05) is 0 Å². The number of nitrogens with two attached hydrogens (primary N) is 1. The first-order chi connectivity index (χ1) is 7.65. The van der Waals surface area contributed by atoms with Gasteiger partial charge in [0.1, 0.15) is 12.2 Å². The molecule has 7 nitrogen and oxygen atoms in total. The Morgan fingerprint density at radius 1 is 1.75 bits per heavy atom. The van der Waals surface area contributed by atoms with Crippen LogP contribution in [-0.4, -0.2) is 34.6 Å². The van der Waals surface area contributed by atoms with E-state index in [1.165, 1.54) is 6.20 Å². The van der Waals surface area contributed by atoms with Crippen molar-refractivity contribution >= 4 is 11.8 Å². The molecule has 1 aliphatic rings. The van der Waals surface area contributed by atoms with Crippen LogP contribution in [0.25, 0.3) is 0 Å². The van der Waals surface area contributed by atoms with E-state index in [0.29, 0.717) is 19.0 Å². The Morgan fingerprint density at radius 2 is 2.44 bits per heavy atom. The molecule has 0 saturated heterocycles. The molecular formula is C9H15N5O2. The van der Waals surface area contributed by atoms with Crippen LogP contribution in [0.1, 0.15) is 18.9 Å². The Balaban J connectivity index is 2.33. The van der Waals surface area contributed by atoms with E-state index in [2.05, 4.69) is 4.98 Å². The van der Waals surface area contributed by atoms with Crippen LogP contribution in [0.4, 0.5) is 11.8 Å². The van der Waals surface area contributed by atoms with Crippen LogP contribution in [0.5, 0.6) is 0 Å². The standard InChI is InChI=1S/C9H15N5O2/c1-12(5-4-10)9-11-6-8(14(15)16)13(9)7-2-3-7/h6-7H,2-5,10H2,1H3. The maximum Gasteiger partial charge on any atom is 0.344 e. The normalized spacial score (nSPS) is 15.1. The second-order valence-corrected chi connectivity index (χ2v) is 3.98. The molecule has 16 heavy (non-hydrogen) atoms. The maximum atomic E-state index is 10.8. The smallest absolute Gasteiger partial charge is 0.344 e. The van der Waals surface area contributed by atoms with Crippen LogP contribution in [-0.2, 0) is 0 Å². The number of likely N-dealkylation sites (N-methyl/N-ethyl adjacent to an activating group) is 1. The molecule has 1 saturated carbocycles. The third-order valence-corrected chi connectivity index (χ3v) is 2.66. The largest absolute Gasteiger partial charge is 0.358 e. The zero-order valence-corrected chi connectivity index (χ0v) is 9.17. The molecule has 1 aromatic rings. The number of anilines is 1. The average Bonchev–Trinajstić information content (AvgIpc) is 2.96. The summed E-state index contributed by atoms with van der Waals surface area (Å²) in [5, 5.41) is 10.8. The van der Waals surface area contributed by atoms with E-state index < -0.39 is 0 Å². The van der Waals surface area contributed by atoms with Gasteiger partial charge in [0.05, 0.1) is 0 Å². The predicted octanol–water partition coefficient (Wildman–Crippen LogP) is 0.521. The second-order valence-electron chi connectivity index (χ2n) is 3.98. The van der Waals surface area contributed by atoms with Crippen LogP contribution >= 0.6 is 0 Å². The third-order valence-electron chi connectivity index (χ3n) is 2.66. The Morgan fingerprint density at radius 3 is 2.94 bits per heavy atom. The first-order valence-electron chi connectivity index (χ1n) is 5.28. The van der Waals surface area contributed by atoms with Crippen molar-refractivity contribution in [2.45, 2.75) is 18.9 Å². The van der Waals surface area contributed by atoms with Crippen molar-refractivity contribution in [3.63, 3.8) is 0 Å². The highest BCUT2D eigenvalue weighted by Gasteiger charge is 2.36. The van der Waals surface area contributed by atoms with E-state index in [0.717, 1.165) is 12.8 Å². The summed E-state index contributed by atoms with van der Waals surface area (Å²) in [5.74, 6) is 0.709. The topological polar surface area (TPSA) is 90.2 Å². The molecule has 1 fully saturated rings. The number of hydrogen-bond donors (Lipinski definition) is 1. The predicted molar refractivity (Wildman–Crippen MR) is 59.5 cm³/mol. The van der Waals surface area contributed by atoms with Crippen LogP contribution in [0.2, 0.25) is 0 Å². The Labute approximate surface area is 93.0 Å². The molecule has 0 aliphatic heterocycles. The van der Waals surface area contributed by atoms with E-state index in [4.69, 9.17) is 5.73 Å². The monoisotopic (exact) mass is 225 g/mol. The lowest BCUT2D eigenvalue weighted by Crippen LogP contribution is -2.27. The van der Waals surface area contributed by atoms with Gasteiger partial charge in [-0.2, -0.15) is 9.55 Å². The molecule has 2 rings (SSSR count). The zero-order valence-electron chi connectivity index (χ0n) is 9.17. The highest BCUT2D eigenvalue weighted by molar-refractivity contribution is 5.39. The molecule has 0 atom stereocenters. The number of rotatable bonds is 5. The summed E-state index contributed by atoms with van der Waals surface area (Å²) in [5.41, 5.74) is 5.46. The van der Waals surface area contributed by atoms with Crippen LogP contribution < -0.4 is 10.6 Å². The number of nitro groups is 1. The Kier molecular flexibility index (Phi) is 2.78. The zero-order chi connectivity index (χ0) is 11.7. The van der Waals surface area contributed by atoms with Crippen molar-refractivity contribution in [3.8, 4) is 0 Å². The van der Waals surface area contributed by atoms with Crippen molar-refractivity contribution in [1.82, 2.24) is 9.55 Å². The molecule has 7 heteroatoms. The molecule has 1 aromatic heterocycles. The Hall–Kier alpha value is -1.63. The van der Waals surface area contributed by atoms with Crippen molar-refractivity contribution in [1.29, 1.82) is 0 Å². The van der Waals surface area contributed by atoms with Crippen LogP contribution in [0, 0.1) is 10.1 Å². The van der Waals surface area contributed by atoms with Crippen molar-refractivity contribution in [2.75, 3.05) is 25.0 Å². The summed E-state index contributed by atoms with van der Waals surface area (Å²) in [7, 11) is 1.85. The number of imidazole rings is 1.